The first-order valence-electron chi connectivity index (χ1n) is 7.83. The predicted molar refractivity (Wildman–Crippen MR) is 86.2 cm³/mol. The van der Waals surface area contributed by atoms with E-state index in [0.29, 0.717) is 11.3 Å². The quantitative estimate of drug-likeness (QED) is 0.807. The van der Waals surface area contributed by atoms with E-state index >= 15 is 0 Å². The summed E-state index contributed by atoms with van der Waals surface area (Å²) in [5.41, 5.74) is 0.220. The highest BCUT2D eigenvalue weighted by molar-refractivity contribution is 5.85. The second-order valence-corrected chi connectivity index (χ2v) is 7.77. The Morgan fingerprint density at radius 2 is 1.85 bits per heavy atom. The lowest BCUT2D eigenvalue weighted by Gasteiger charge is -2.43. The van der Waals surface area contributed by atoms with Crippen LogP contribution in [0.5, 0.6) is 0 Å². The van der Waals surface area contributed by atoms with Crippen LogP contribution in [0.15, 0.2) is 0 Å². The van der Waals surface area contributed by atoms with E-state index < -0.39 is 0 Å². The highest BCUT2D eigenvalue weighted by Crippen LogP contribution is 2.36. The summed E-state index contributed by atoms with van der Waals surface area (Å²) in [7, 11) is 0. The third-order valence-corrected chi connectivity index (χ3v) is 5.12. The summed E-state index contributed by atoms with van der Waals surface area (Å²) in [6.45, 7) is 12.9. The lowest BCUT2D eigenvalue weighted by Crippen LogP contribution is -2.52. The van der Waals surface area contributed by atoms with Crippen molar-refractivity contribution in [3.05, 3.63) is 0 Å². The summed E-state index contributed by atoms with van der Waals surface area (Å²) in [6.07, 6.45) is 4.50. The summed E-state index contributed by atoms with van der Waals surface area (Å²) in [4.78, 5) is 14.8. The van der Waals surface area contributed by atoms with Gasteiger partial charge in [-0.15, -0.1) is 12.4 Å². The van der Waals surface area contributed by atoms with Crippen LogP contribution in [-0.2, 0) is 4.79 Å². The predicted octanol–water partition coefficient (Wildman–Crippen LogP) is 3.08. The number of amides is 1. The Hall–Kier alpha value is -0.280. The van der Waals surface area contributed by atoms with E-state index in [0.717, 1.165) is 44.9 Å². The van der Waals surface area contributed by atoms with Gasteiger partial charge in [-0.1, -0.05) is 20.8 Å². The summed E-state index contributed by atoms with van der Waals surface area (Å²) < 4.78 is 0. The van der Waals surface area contributed by atoms with Gasteiger partial charge in [0.15, 0.2) is 0 Å². The molecule has 0 aromatic carbocycles. The van der Waals surface area contributed by atoms with Crippen LogP contribution in [0.1, 0.15) is 53.4 Å². The van der Waals surface area contributed by atoms with Crippen LogP contribution >= 0.6 is 12.4 Å². The Kier molecular flexibility index (Phi) is 5.91. The zero-order chi connectivity index (χ0) is 14.1. The highest BCUT2D eigenvalue weighted by atomic mass is 35.5. The van der Waals surface area contributed by atoms with Gasteiger partial charge in [0.2, 0.25) is 5.91 Å². The molecule has 0 aromatic rings. The molecule has 1 atom stereocenters. The number of carbonyl (C=O) groups is 1. The molecule has 0 saturated carbocycles. The van der Waals surface area contributed by atoms with E-state index in [-0.39, 0.29) is 17.8 Å². The standard InChI is InChI=1S/C16H30N2O.ClH/c1-15(2,3)13-6-10-18(11-7-13)14(19)16(4)8-5-9-17-12-16;/h13,17H,5-12H2,1-4H3;1H. The second kappa shape index (κ2) is 6.65. The van der Waals surface area contributed by atoms with Crippen molar-refractivity contribution in [2.45, 2.75) is 53.4 Å². The molecule has 1 amide bonds. The van der Waals surface area contributed by atoms with E-state index in [1.165, 1.54) is 12.8 Å². The third kappa shape index (κ3) is 3.88. The first kappa shape index (κ1) is 17.8. The number of rotatable bonds is 1. The Bertz CT molecular complexity index is 324. The van der Waals surface area contributed by atoms with Crippen molar-refractivity contribution in [3.8, 4) is 0 Å². The Balaban J connectivity index is 0.00000200. The molecule has 2 saturated heterocycles. The number of nitrogens with zero attached hydrogens (tertiary/aromatic N) is 1. The van der Waals surface area contributed by atoms with Crippen LogP contribution in [0.3, 0.4) is 0 Å². The van der Waals surface area contributed by atoms with Crippen molar-refractivity contribution >= 4 is 18.3 Å². The number of piperidine rings is 2. The maximum atomic E-state index is 12.7. The van der Waals surface area contributed by atoms with Gasteiger partial charge in [0.25, 0.3) is 0 Å². The Labute approximate surface area is 130 Å². The lowest BCUT2D eigenvalue weighted by atomic mass is 9.74. The fourth-order valence-corrected chi connectivity index (χ4v) is 3.57. The number of nitrogens with one attached hydrogen (secondary N) is 1. The van der Waals surface area contributed by atoms with Gasteiger partial charge < -0.3 is 10.2 Å². The SMILES string of the molecule is CC1(C(=O)N2CCC(C(C)(C)C)CC2)CCCNC1.Cl. The molecule has 2 heterocycles. The average molecular weight is 303 g/mol. The molecule has 0 bridgehead atoms. The number of likely N-dealkylation sites (tertiary alicyclic amines) is 1. The topological polar surface area (TPSA) is 32.3 Å². The molecule has 2 rings (SSSR count). The second-order valence-electron chi connectivity index (χ2n) is 7.77. The molecule has 0 aliphatic carbocycles. The molecule has 0 radical (unpaired) electrons. The van der Waals surface area contributed by atoms with Crippen molar-refractivity contribution in [3.63, 3.8) is 0 Å². The molecule has 1 unspecified atom stereocenters. The van der Waals surface area contributed by atoms with Gasteiger partial charge in [-0.2, -0.15) is 0 Å². The van der Waals surface area contributed by atoms with E-state index in [1.807, 2.05) is 0 Å². The molecule has 2 fully saturated rings. The van der Waals surface area contributed by atoms with Crippen LogP contribution < -0.4 is 5.32 Å². The maximum absolute atomic E-state index is 12.7. The monoisotopic (exact) mass is 302 g/mol. The first-order chi connectivity index (χ1) is 8.83. The van der Waals surface area contributed by atoms with Crippen LogP contribution in [0.25, 0.3) is 0 Å². The molecular weight excluding hydrogens is 272 g/mol. The van der Waals surface area contributed by atoms with Crippen molar-refractivity contribution < 1.29 is 4.79 Å². The van der Waals surface area contributed by atoms with Gasteiger partial charge in [0.05, 0.1) is 5.41 Å². The number of carbonyl (C=O) groups excluding carboxylic acids is 1. The third-order valence-electron chi connectivity index (χ3n) is 5.12. The zero-order valence-corrected chi connectivity index (χ0v) is 14.3. The van der Waals surface area contributed by atoms with Crippen molar-refractivity contribution in [2.75, 3.05) is 26.2 Å². The number of halogens is 1. The van der Waals surface area contributed by atoms with Gasteiger partial charge in [-0.25, -0.2) is 0 Å². The lowest BCUT2D eigenvalue weighted by molar-refractivity contribution is -0.144. The molecule has 0 aromatic heterocycles. The molecular formula is C16H31ClN2O. The fraction of sp³-hybridized carbons (Fsp3) is 0.938. The average Bonchev–Trinajstić information content (AvgIpc) is 2.38. The smallest absolute Gasteiger partial charge is 0.229 e. The molecule has 4 heteroatoms. The Morgan fingerprint density at radius 1 is 1.25 bits per heavy atom. The minimum atomic E-state index is -0.160. The van der Waals surface area contributed by atoms with Crippen LogP contribution in [0, 0.1) is 16.7 Å². The summed E-state index contributed by atoms with van der Waals surface area (Å²) >= 11 is 0. The molecule has 2 aliphatic heterocycles. The summed E-state index contributed by atoms with van der Waals surface area (Å²) in [6, 6.07) is 0. The highest BCUT2D eigenvalue weighted by Gasteiger charge is 2.39. The molecule has 2 aliphatic rings. The summed E-state index contributed by atoms with van der Waals surface area (Å²) in [5, 5.41) is 3.38. The van der Waals surface area contributed by atoms with Crippen LogP contribution in [0.2, 0.25) is 0 Å². The molecule has 3 nitrogen and oxygen atoms in total. The first-order valence-corrected chi connectivity index (χ1v) is 7.83. The van der Waals surface area contributed by atoms with Gasteiger partial charge >= 0.3 is 0 Å². The van der Waals surface area contributed by atoms with Crippen molar-refractivity contribution in [1.82, 2.24) is 10.2 Å². The largest absolute Gasteiger partial charge is 0.342 e. The van der Waals surface area contributed by atoms with E-state index in [4.69, 9.17) is 0 Å². The van der Waals surface area contributed by atoms with Crippen molar-refractivity contribution in [2.24, 2.45) is 16.7 Å². The normalized spacial score (nSPS) is 28.9. The molecule has 20 heavy (non-hydrogen) atoms. The van der Waals surface area contributed by atoms with Gasteiger partial charge in [0.1, 0.15) is 0 Å². The summed E-state index contributed by atoms with van der Waals surface area (Å²) in [5.74, 6) is 1.14. The Morgan fingerprint density at radius 3 is 2.30 bits per heavy atom. The zero-order valence-electron chi connectivity index (χ0n) is 13.5. The number of hydrogen-bond acceptors (Lipinski definition) is 2. The van der Waals surface area contributed by atoms with E-state index in [2.05, 4.69) is 37.9 Å². The molecule has 0 spiro atoms. The van der Waals surface area contributed by atoms with E-state index in [1.54, 1.807) is 0 Å². The number of hydrogen-bond donors (Lipinski definition) is 1. The van der Waals surface area contributed by atoms with Gasteiger partial charge in [0, 0.05) is 19.6 Å². The van der Waals surface area contributed by atoms with Gasteiger partial charge in [-0.3, -0.25) is 4.79 Å². The fourth-order valence-electron chi connectivity index (χ4n) is 3.57. The maximum Gasteiger partial charge on any atom is 0.229 e. The van der Waals surface area contributed by atoms with E-state index in [9.17, 15) is 4.79 Å². The minimum Gasteiger partial charge on any atom is -0.342 e. The molecule has 118 valence electrons. The molecule has 1 N–H and O–H groups in total. The van der Waals surface area contributed by atoms with Gasteiger partial charge in [-0.05, 0) is 50.5 Å². The minimum absolute atomic E-state index is 0. The van der Waals surface area contributed by atoms with Crippen LogP contribution in [0.4, 0.5) is 0 Å². The van der Waals surface area contributed by atoms with Crippen molar-refractivity contribution in [1.29, 1.82) is 0 Å². The van der Waals surface area contributed by atoms with Crippen LogP contribution in [-0.4, -0.2) is 37.0 Å².